The van der Waals surface area contributed by atoms with Gasteiger partial charge in [-0.1, -0.05) is 6.07 Å². The summed E-state index contributed by atoms with van der Waals surface area (Å²) in [5, 5.41) is 41.3. The Balaban J connectivity index is 2.19. The van der Waals surface area contributed by atoms with Gasteiger partial charge in [0.15, 0.2) is 11.5 Å². The number of aliphatic hydroxyl groups is 4. The number of nitrogens with zero attached hydrogens (tertiary/aromatic N) is 1. The number of hydrogen-bond acceptors (Lipinski definition) is 8. The fourth-order valence-corrected chi connectivity index (χ4v) is 4.43. The second-order valence-corrected chi connectivity index (χ2v) is 6.91. The average molecular weight is 353 g/mol. The van der Waals surface area contributed by atoms with Crippen molar-refractivity contribution in [3.05, 3.63) is 23.8 Å². The molecule has 2 fully saturated rings. The van der Waals surface area contributed by atoms with Gasteiger partial charge in [0, 0.05) is 11.8 Å². The van der Waals surface area contributed by atoms with Crippen LogP contribution in [0.15, 0.2) is 18.2 Å². The second kappa shape index (κ2) is 5.65. The molecule has 8 heteroatoms. The van der Waals surface area contributed by atoms with E-state index in [9.17, 15) is 25.2 Å². The second-order valence-electron chi connectivity index (χ2n) is 6.91. The quantitative estimate of drug-likeness (QED) is 0.510. The summed E-state index contributed by atoms with van der Waals surface area (Å²) >= 11 is 0. The molecule has 138 valence electrons. The number of benzene rings is 1. The van der Waals surface area contributed by atoms with E-state index in [2.05, 4.69) is 0 Å². The van der Waals surface area contributed by atoms with Crippen LogP contribution in [0.1, 0.15) is 18.4 Å². The summed E-state index contributed by atoms with van der Waals surface area (Å²) in [6.07, 6.45) is 0.0782. The van der Waals surface area contributed by atoms with Gasteiger partial charge < -0.3 is 29.9 Å². The average Bonchev–Trinajstić information content (AvgIpc) is 2.90. The Hall–Kier alpha value is -1.71. The summed E-state index contributed by atoms with van der Waals surface area (Å²) < 4.78 is 10.5. The lowest BCUT2D eigenvalue weighted by atomic mass is 9.61. The molecule has 2 aliphatic rings. The minimum Gasteiger partial charge on any atom is -0.493 e. The zero-order chi connectivity index (χ0) is 18.6. The molecule has 0 bridgehead atoms. The van der Waals surface area contributed by atoms with Crippen LogP contribution in [0, 0.1) is 0 Å². The van der Waals surface area contributed by atoms with Crippen molar-refractivity contribution in [2.24, 2.45) is 0 Å². The molecule has 1 aromatic rings. The number of fused-ring (bicyclic) bond motifs is 1. The Morgan fingerprint density at radius 3 is 2.36 bits per heavy atom. The van der Waals surface area contributed by atoms with Crippen molar-refractivity contribution in [2.75, 3.05) is 27.8 Å². The molecule has 0 radical (unpaired) electrons. The molecule has 0 amide bonds. The van der Waals surface area contributed by atoms with Crippen molar-refractivity contribution in [3.63, 3.8) is 0 Å². The summed E-state index contributed by atoms with van der Waals surface area (Å²) in [5.41, 5.74) is -0.429. The van der Waals surface area contributed by atoms with E-state index in [-0.39, 0.29) is 6.42 Å². The van der Waals surface area contributed by atoms with Crippen molar-refractivity contribution < 1.29 is 34.7 Å². The maximum atomic E-state index is 12.2. The van der Waals surface area contributed by atoms with Crippen molar-refractivity contribution in [1.82, 2.24) is 4.90 Å². The highest BCUT2D eigenvalue weighted by Gasteiger charge is 2.69. The lowest BCUT2D eigenvalue weighted by molar-refractivity contribution is -0.272. The molecule has 1 aromatic carbocycles. The first-order chi connectivity index (χ1) is 11.6. The number of hydrogen-bond donors (Lipinski definition) is 4. The van der Waals surface area contributed by atoms with E-state index in [1.165, 1.54) is 14.2 Å². The zero-order valence-corrected chi connectivity index (χ0v) is 14.4. The van der Waals surface area contributed by atoms with Gasteiger partial charge in [0.2, 0.25) is 11.6 Å². The van der Waals surface area contributed by atoms with E-state index < -0.39 is 28.8 Å². The third-order valence-corrected chi connectivity index (χ3v) is 5.47. The van der Waals surface area contributed by atoms with E-state index in [0.717, 1.165) is 0 Å². The predicted octanol–water partition coefficient (Wildman–Crippen LogP) is -1.02. The number of carbonyl (C=O) groups is 1. The lowest BCUT2D eigenvalue weighted by Crippen LogP contribution is -2.72. The van der Waals surface area contributed by atoms with Gasteiger partial charge in [-0.2, -0.15) is 0 Å². The van der Waals surface area contributed by atoms with Crippen LogP contribution in [-0.2, 0) is 10.2 Å². The molecule has 1 unspecified atom stereocenters. The number of likely N-dealkylation sites (N-methyl/N-ethyl adjacent to an activating group) is 1. The first-order valence-corrected chi connectivity index (χ1v) is 7.97. The molecule has 25 heavy (non-hydrogen) atoms. The molecule has 1 saturated heterocycles. The molecule has 2 atom stereocenters. The van der Waals surface area contributed by atoms with Gasteiger partial charge >= 0.3 is 0 Å². The number of rotatable bonds is 3. The van der Waals surface area contributed by atoms with Crippen LogP contribution in [0.4, 0.5) is 0 Å². The number of likely N-dealkylation sites (tertiary alicyclic amines) is 1. The minimum atomic E-state index is -2.89. The zero-order valence-electron chi connectivity index (χ0n) is 14.4. The topological polar surface area (TPSA) is 120 Å². The van der Waals surface area contributed by atoms with Gasteiger partial charge in [0.05, 0.1) is 20.3 Å². The minimum absolute atomic E-state index is 0.341. The Morgan fingerprint density at radius 2 is 1.76 bits per heavy atom. The Bertz CT molecular complexity index is 702. The molecule has 1 aliphatic heterocycles. The highest BCUT2D eigenvalue weighted by Crippen LogP contribution is 2.53. The Labute approximate surface area is 145 Å². The third-order valence-electron chi connectivity index (χ3n) is 5.47. The Morgan fingerprint density at radius 1 is 1.12 bits per heavy atom. The van der Waals surface area contributed by atoms with Crippen LogP contribution in [0.2, 0.25) is 0 Å². The molecule has 3 rings (SSSR count). The van der Waals surface area contributed by atoms with Gasteiger partial charge in [-0.25, -0.2) is 0 Å². The first kappa shape index (κ1) is 18.1. The molecule has 1 saturated carbocycles. The molecular weight excluding hydrogens is 330 g/mol. The van der Waals surface area contributed by atoms with Crippen LogP contribution < -0.4 is 9.47 Å². The predicted molar refractivity (Wildman–Crippen MR) is 86.2 cm³/mol. The molecule has 0 aromatic heterocycles. The van der Waals surface area contributed by atoms with Crippen LogP contribution in [0.25, 0.3) is 0 Å². The van der Waals surface area contributed by atoms with E-state index in [0.29, 0.717) is 30.0 Å². The highest BCUT2D eigenvalue weighted by molar-refractivity contribution is 5.94. The van der Waals surface area contributed by atoms with Crippen molar-refractivity contribution in [3.8, 4) is 11.5 Å². The van der Waals surface area contributed by atoms with E-state index in [1.807, 2.05) is 0 Å². The summed E-state index contributed by atoms with van der Waals surface area (Å²) in [6, 6.07) is 4.04. The first-order valence-electron chi connectivity index (χ1n) is 7.97. The number of ketones is 1. The van der Waals surface area contributed by atoms with E-state index in [4.69, 9.17) is 9.47 Å². The largest absolute Gasteiger partial charge is 0.493 e. The maximum absolute atomic E-state index is 12.2. The molecule has 8 nitrogen and oxygen atoms in total. The van der Waals surface area contributed by atoms with Crippen molar-refractivity contribution in [2.45, 2.75) is 35.9 Å². The van der Waals surface area contributed by atoms with Crippen molar-refractivity contribution in [1.29, 1.82) is 0 Å². The maximum Gasteiger partial charge on any atom is 0.251 e. The van der Waals surface area contributed by atoms with Gasteiger partial charge in [0.25, 0.3) is 5.78 Å². The highest BCUT2D eigenvalue weighted by atomic mass is 16.5. The molecule has 1 aliphatic carbocycles. The summed E-state index contributed by atoms with van der Waals surface area (Å²) in [5.74, 6) is -6.20. The fourth-order valence-electron chi connectivity index (χ4n) is 4.43. The summed E-state index contributed by atoms with van der Waals surface area (Å²) in [4.78, 5) is 13.8. The molecule has 4 N–H and O–H groups in total. The third kappa shape index (κ3) is 2.44. The summed E-state index contributed by atoms with van der Waals surface area (Å²) in [7, 11) is 4.65. The van der Waals surface area contributed by atoms with Gasteiger partial charge in [-0.05, 0) is 37.7 Å². The smallest absolute Gasteiger partial charge is 0.251 e. The van der Waals surface area contributed by atoms with Crippen molar-refractivity contribution >= 4 is 5.78 Å². The summed E-state index contributed by atoms with van der Waals surface area (Å²) in [6.45, 7) is 0.464. The van der Waals surface area contributed by atoms with Crippen LogP contribution in [-0.4, -0.2) is 76.5 Å². The van der Waals surface area contributed by atoms with Gasteiger partial charge in [-0.3, -0.25) is 9.69 Å². The number of Topliss-reactive ketones (excluding diaryl/α,β-unsaturated/α-hetero) is 1. The van der Waals surface area contributed by atoms with Gasteiger partial charge in [0.1, 0.15) is 0 Å². The Kier molecular flexibility index (Phi) is 4.09. The monoisotopic (exact) mass is 353 g/mol. The fraction of sp³-hybridized carbons (Fsp3) is 0.588. The number of ether oxygens (including phenoxy) is 2. The van der Waals surface area contributed by atoms with Crippen LogP contribution in [0.5, 0.6) is 11.5 Å². The molecular formula is C17H23NO7. The standard InChI is InChI=1S/C17H23NO7/c1-18-7-6-15(10-4-5-11(24-2)12(8-10)25-3)9-16(20,21)14(19)17(22,23)13(15)18/h4-5,8,13,20-23H,6-7,9H2,1-3H3/t13?,15-/m1/s1. The van der Waals surface area contributed by atoms with E-state index >= 15 is 0 Å². The van der Waals surface area contributed by atoms with Gasteiger partial charge in [-0.15, -0.1) is 0 Å². The molecule has 1 heterocycles. The number of carbonyl (C=O) groups excluding carboxylic acids is 1. The molecule has 0 spiro atoms. The van der Waals surface area contributed by atoms with Crippen LogP contribution >= 0.6 is 0 Å². The number of methoxy groups -OCH3 is 2. The van der Waals surface area contributed by atoms with Crippen LogP contribution in [0.3, 0.4) is 0 Å². The normalized spacial score (nSPS) is 30.8. The lowest BCUT2D eigenvalue weighted by Gasteiger charge is -2.51. The van der Waals surface area contributed by atoms with E-state index in [1.54, 1.807) is 30.1 Å². The SMILES string of the molecule is COc1ccc([C@]23CCN(C)C2C(O)(O)C(=O)C(O)(O)C3)cc1OC.